The predicted molar refractivity (Wildman–Crippen MR) is 84.7 cm³/mol. The van der Waals surface area contributed by atoms with Crippen molar-refractivity contribution in [1.29, 1.82) is 0 Å². The monoisotopic (exact) mass is 314 g/mol. The molecule has 0 N–H and O–H groups in total. The maximum absolute atomic E-state index is 6.27. The van der Waals surface area contributed by atoms with Gasteiger partial charge in [0.15, 0.2) is 0 Å². The first-order valence-corrected chi connectivity index (χ1v) is 7.86. The standard InChI is InChI=1S/C14H16Cl2N2S/c1-10(6-12-4-3-5-19-12)18(2)14-13(16)7-11(8-15)9-17-14/h3-5,7,9-10H,6,8H2,1-2H3. The van der Waals surface area contributed by atoms with Gasteiger partial charge in [-0.2, -0.15) is 0 Å². The lowest BCUT2D eigenvalue weighted by molar-refractivity contribution is 0.680. The zero-order valence-corrected chi connectivity index (χ0v) is 13.3. The summed E-state index contributed by atoms with van der Waals surface area (Å²) in [6.07, 6.45) is 2.77. The number of hydrogen-bond acceptors (Lipinski definition) is 3. The van der Waals surface area contributed by atoms with E-state index in [1.807, 2.05) is 13.1 Å². The van der Waals surface area contributed by atoms with Gasteiger partial charge in [0.05, 0.1) is 5.02 Å². The number of alkyl halides is 1. The van der Waals surface area contributed by atoms with Gasteiger partial charge in [0, 0.05) is 36.5 Å². The molecule has 2 aromatic heterocycles. The van der Waals surface area contributed by atoms with Gasteiger partial charge in [0.25, 0.3) is 0 Å². The van der Waals surface area contributed by atoms with Crippen LogP contribution in [0.15, 0.2) is 29.8 Å². The highest BCUT2D eigenvalue weighted by Crippen LogP contribution is 2.26. The molecule has 0 amide bonds. The molecule has 19 heavy (non-hydrogen) atoms. The third kappa shape index (κ3) is 3.62. The van der Waals surface area contributed by atoms with Crippen LogP contribution in [0.3, 0.4) is 0 Å². The van der Waals surface area contributed by atoms with Gasteiger partial charge in [-0.15, -0.1) is 22.9 Å². The number of aromatic nitrogens is 1. The third-order valence-electron chi connectivity index (χ3n) is 3.10. The molecule has 2 aromatic rings. The maximum Gasteiger partial charge on any atom is 0.147 e. The molecule has 2 nitrogen and oxygen atoms in total. The summed E-state index contributed by atoms with van der Waals surface area (Å²) in [5.74, 6) is 1.24. The Hall–Kier alpha value is -0.770. The minimum atomic E-state index is 0.338. The predicted octanol–water partition coefficient (Wildman–Crippen LogP) is 4.60. The van der Waals surface area contributed by atoms with Crippen molar-refractivity contribution in [3.63, 3.8) is 0 Å². The first-order valence-electron chi connectivity index (χ1n) is 6.07. The summed E-state index contributed by atoms with van der Waals surface area (Å²) < 4.78 is 0. The zero-order chi connectivity index (χ0) is 13.8. The fourth-order valence-electron chi connectivity index (χ4n) is 1.87. The van der Waals surface area contributed by atoms with E-state index in [0.29, 0.717) is 16.9 Å². The van der Waals surface area contributed by atoms with Crippen molar-refractivity contribution in [3.8, 4) is 0 Å². The van der Waals surface area contributed by atoms with Crippen molar-refractivity contribution < 1.29 is 0 Å². The quantitative estimate of drug-likeness (QED) is 0.750. The zero-order valence-electron chi connectivity index (χ0n) is 10.9. The van der Waals surface area contributed by atoms with Crippen LogP contribution in [0.4, 0.5) is 5.82 Å². The van der Waals surface area contributed by atoms with Crippen LogP contribution in [0.5, 0.6) is 0 Å². The van der Waals surface area contributed by atoms with E-state index in [2.05, 4.69) is 34.3 Å². The summed E-state index contributed by atoms with van der Waals surface area (Å²) in [4.78, 5) is 7.89. The van der Waals surface area contributed by atoms with Crippen LogP contribution in [0.25, 0.3) is 0 Å². The van der Waals surface area contributed by atoms with E-state index in [-0.39, 0.29) is 0 Å². The van der Waals surface area contributed by atoms with E-state index in [9.17, 15) is 0 Å². The number of hydrogen-bond donors (Lipinski definition) is 0. The Morgan fingerprint density at radius 2 is 2.26 bits per heavy atom. The number of halogens is 2. The average Bonchev–Trinajstić information content (AvgIpc) is 2.90. The summed E-state index contributed by atoms with van der Waals surface area (Å²) in [5.41, 5.74) is 0.940. The number of thiophene rings is 1. The Labute approximate surface area is 128 Å². The van der Waals surface area contributed by atoms with E-state index in [0.717, 1.165) is 17.8 Å². The van der Waals surface area contributed by atoms with Crippen LogP contribution in [0, 0.1) is 0 Å². The second kappa shape index (κ2) is 6.60. The number of rotatable bonds is 5. The normalized spacial score (nSPS) is 12.4. The number of likely N-dealkylation sites (N-methyl/N-ethyl adjacent to an activating group) is 1. The topological polar surface area (TPSA) is 16.1 Å². The lowest BCUT2D eigenvalue weighted by Crippen LogP contribution is -2.31. The van der Waals surface area contributed by atoms with Crippen molar-refractivity contribution >= 4 is 40.4 Å². The van der Waals surface area contributed by atoms with E-state index >= 15 is 0 Å². The van der Waals surface area contributed by atoms with Gasteiger partial charge in [-0.25, -0.2) is 4.98 Å². The van der Waals surface area contributed by atoms with E-state index < -0.39 is 0 Å². The Kier molecular flexibility index (Phi) is 5.08. The Balaban J connectivity index is 2.12. The fourth-order valence-corrected chi connectivity index (χ4v) is 3.16. The summed E-state index contributed by atoms with van der Waals surface area (Å²) in [5, 5.41) is 2.75. The molecule has 0 aliphatic carbocycles. The molecule has 1 unspecified atom stereocenters. The molecule has 0 aliphatic heterocycles. The molecule has 0 fully saturated rings. The van der Waals surface area contributed by atoms with Crippen LogP contribution >= 0.6 is 34.5 Å². The largest absolute Gasteiger partial charge is 0.355 e. The molecule has 2 rings (SSSR count). The molecule has 102 valence electrons. The highest BCUT2D eigenvalue weighted by Gasteiger charge is 2.15. The smallest absolute Gasteiger partial charge is 0.147 e. The van der Waals surface area contributed by atoms with Gasteiger partial charge in [-0.3, -0.25) is 0 Å². The SMILES string of the molecule is CC(Cc1cccs1)N(C)c1ncc(CCl)cc1Cl. The Morgan fingerprint density at radius 3 is 2.84 bits per heavy atom. The molecule has 0 bridgehead atoms. The van der Waals surface area contributed by atoms with Crippen LogP contribution in [0.1, 0.15) is 17.4 Å². The van der Waals surface area contributed by atoms with Gasteiger partial charge in [0.1, 0.15) is 5.82 Å². The van der Waals surface area contributed by atoms with Crippen LogP contribution in [0.2, 0.25) is 5.02 Å². The molecule has 0 aliphatic rings. The van der Waals surface area contributed by atoms with Gasteiger partial charge < -0.3 is 4.90 Å². The Bertz CT molecular complexity index is 528. The molecule has 5 heteroatoms. The highest BCUT2D eigenvalue weighted by atomic mass is 35.5. The van der Waals surface area contributed by atoms with Crippen LogP contribution in [-0.2, 0) is 12.3 Å². The molecule has 0 radical (unpaired) electrons. The fraction of sp³-hybridized carbons (Fsp3) is 0.357. The van der Waals surface area contributed by atoms with Crippen molar-refractivity contribution in [2.75, 3.05) is 11.9 Å². The molecule has 0 saturated carbocycles. The molecule has 0 saturated heterocycles. The van der Waals surface area contributed by atoms with Crippen LogP contribution in [-0.4, -0.2) is 18.1 Å². The minimum absolute atomic E-state index is 0.338. The maximum atomic E-state index is 6.27. The minimum Gasteiger partial charge on any atom is -0.355 e. The second-order valence-electron chi connectivity index (χ2n) is 4.53. The molecular weight excluding hydrogens is 299 g/mol. The van der Waals surface area contributed by atoms with Gasteiger partial charge in [-0.1, -0.05) is 17.7 Å². The summed E-state index contributed by atoms with van der Waals surface area (Å²) in [6.45, 7) is 2.17. The summed E-state index contributed by atoms with van der Waals surface area (Å²) in [7, 11) is 2.02. The van der Waals surface area contributed by atoms with Crippen molar-refractivity contribution in [2.45, 2.75) is 25.3 Å². The number of nitrogens with zero attached hydrogens (tertiary/aromatic N) is 2. The summed E-state index contributed by atoms with van der Waals surface area (Å²) >= 11 is 13.8. The summed E-state index contributed by atoms with van der Waals surface area (Å²) in [6, 6.07) is 6.45. The van der Waals surface area contributed by atoms with E-state index in [1.165, 1.54) is 4.88 Å². The van der Waals surface area contributed by atoms with E-state index in [1.54, 1.807) is 17.5 Å². The lowest BCUT2D eigenvalue weighted by Gasteiger charge is -2.26. The van der Waals surface area contributed by atoms with Crippen molar-refractivity contribution in [3.05, 3.63) is 45.2 Å². The first-order chi connectivity index (χ1) is 9.11. The molecule has 2 heterocycles. The lowest BCUT2D eigenvalue weighted by atomic mass is 10.2. The molecular formula is C14H16Cl2N2S. The van der Waals surface area contributed by atoms with Gasteiger partial charge in [-0.05, 0) is 30.0 Å². The second-order valence-corrected chi connectivity index (χ2v) is 6.23. The van der Waals surface area contributed by atoms with Crippen molar-refractivity contribution in [1.82, 2.24) is 4.98 Å². The highest BCUT2D eigenvalue weighted by molar-refractivity contribution is 7.09. The molecule has 0 spiro atoms. The van der Waals surface area contributed by atoms with Gasteiger partial charge in [0.2, 0.25) is 0 Å². The molecule has 1 atom stereocenters. The van der Waals surface area contributed by atoms with E-state index in [4.69, 9.17) is 23.2 Å². The van der Waals surface area contributed by atoms with Crippen molar-refractivity contribution in [2.24, 2.45) is 0 Å². The average molecular weight is 315 g/mol. The van der Waals surface area contributed by atoms with Gasteiger partial charge >= 0.3 is 0 Å². The van der Waals surface area contributed by atoms with Crippen LogP contribution < -0.4 is 4.90 Å². The third-order valence-corrected chi connectivity index (χ3v) is 4.59. The Morgan fingerprint density at radius 1 is 1.47 bits per heavy atom. The first kappa shape index (κ1) is 14.6. The molecule has 0 aromatic carbocycles. The number of anilines is 1. The number of pyridine rings is 1.